The van der Waals surface area contributed by atoms with E-state index >= 15 is 0 Å². The van der Waals surface area contributed by atoms with Crippen molar-refractivity contribution in [1.29, 1.82) is 0 Å². The lowest BCUT2D eigenvalue weighted by molar-refractivity contribution is -0.274. The van der Waals surface area contributed by atoms with Gasteiger partial charge in [-0.25, -0.2) is 0 Å². The Bertz CT molecular complexity index is 538. The molecule has 1 aliphatic carbocycles. The highest BCUT2D eigenvalue weighted by molar-refractivity contribution is 5.85. The van der Waals surface area contributed by atoms with Crippen LogP contribution in [-0.2, 0) is 4.79 Å². The van der Waals surface area contributed by atoms with Crippen molar-refractivity contribution >= 4 is 18.3 Å². The van der Waals surface area contributed by atoms with Crippen molar-refractivity contribution in [3.05, 3.63) is 29.8 Å². The van der Waals surface area contributed by atoms with Crippen LogP contribution in [0.2, 0.25) is 0 Å². The molecule has 0 radical (unpaired) electrons. The lowest BCUT2D eigenvalue weighted by Gasteiger charge is -2.13. The smallest absolute Gasteiger partial charge is 0.405 e. The number of halogens is 4. The first-order valence-electron chi connectivity index (χ1n) is 7.16. The summed E-state index contributed by atoms with van der Waals surface area (Å²) in [5.41, 5.74) is 6.02. The third-order valence-electron chi connectivity index (χ3n) is 3.57. The molecule has 0 aromatic heterocycles. The van der Waals surface area contributed by atoms with Gasteiger partial charge in [0.15, 0.2) is 0 Å². The van der Waals surface area contributed by atoms with Gasteiger partial charge in [0.1, 0.15) is 5.75 Å². The zero-order valence-electron chi connectivity index (χ0n) is 12.6. The number of para-hydroxylation sites is 1. The topological polar surface area (TPSA) is 64.3 Å². The predicted octanol–water partition coefficient (Wildman–Crippen LogP) is 2.96. The zero-order valence-corrected chi connectivity index (χ0v) is 13.4. The molecule has 0 spiro atoms. The van der Waals surface area contributed by atoms with Crippen molar-refractivity contribution in [3.63, 3.8) is 0 Å². The molecular formula is C15H20ClF3N2O2. The van der Waals surface area contributed by atoms with Crippen LogP contribution in [0.25, 0.3) is 0 Å². The van der Waals surface area contributed by atoms with Crippen LogP contribution in [0.15, 0.2) is 24.3 Å². The lowest BCUT2D eigenvalue weighted by Crippen LogP contribution is -2.30. The van der Waals surface area contributed by atoms with E-state index < -0.39 is 6.36 Å². The molecule has 130 valence electrons. The number of amides is 1. The molecular weight excluding hydrogens is 333 g/mol. The molecule has 3 N–H and O–H groups in total. The van der Waals surface area contributed by atoms with Crippen LogP contribution in [0.4, 0.5) is 13.2 Å². The van der Waals surface area contributed by atoms with Crippen LogP contribution in [0, 0.1) is 5.92 Å². The summed E-state index contributed by atoms with van der Waals surface area (Å²) in [6, 6.07) is 5.95. The van der Waals surface area contributed by atoms with E-state index in [1.165, 1.54) is 12.1 Å². The van der Waals surface area contributed by atoms with Gasteiger partial charge < -0.3 is 15.8 Å². The van der Waals surface area contributed by atoms with E-state index in [4.69, 9.17) is 5.73 Å². The largest absolute Gasteiger partial charge is 0.573 e. The summed E-state index contributed by atoms with van der Waals surface area (Å²) in [5.74, 6) is -0.904. The van der Waals surface area contributed by atoms with Crippen molar-refractivity contribution in [1.82, 2.24) is 5.32 Å². The summed E-state index contributed by atoms with van der Waals surface area (Å²) in [7, 11) is 0. The molecule has 2 rings (SSSR count). The van der Waals surface area contributed by atoms with Crippen molar-refractivity contribution < 1.29 is 22.7 Å². The molecule has 1 aliphatic rings. The van der Waals surface area contributed by atoms with Crippen molar-refractivity contribution in [3.8, 4) is 5.75 Å². The van der Waals surface area contributed by atoms with Crippen LogP contribution in [0.1, 0.15) is 31.2 Å². The normalized spacial score (nSPS) is 21.1. The minimum atomic E-state index is -4.74. The van der Waals surface area contributed by atoms with E-state index in [1.807, 2.05) is 6.92 Å². The number of hydrogen-bond donors (Lipinski definition) is 2. The summed E-state index contributed by atoms with van der Waals surface area (Å²) in [6.45, 7) is 2.32. The van der Waals surface area contributed by atoms with Gasteiger partial charge in [-0.15, -0.1) is 25.6 Å². The van der Waals surface area contributed by atoms with E-state index in [2.05, 4.69) is 10.1 Å². The van der Waals surface area contributed by atoms with Gasteiger partial charge in [-0.05, 0) is 37.3 Å². The average Bonchev–Trinajstić information content (AvgIpc) is 3.17. The molecule has 1 aromatic carbocycles. The molecule has 1 aromatic rings. The summed E-state index contributed by atoms with van der Waals surface area (Å²) in [5, 5.41) is 2.76. The summed E-state index contributed by atoms with van der Waals surface area (Å²) in [4.78, 5) is 12.0. The Morgan fingerprint density at radius 3 is 2.70 bits per heavy atom. The molecule has 1 amide bonds. The molecule has 0 bridgehead atoms. The Kier molecular flexibility index (Phi) is 6.70. The number of alkyl halides is 3. The molecule has 4 nitrogen and oxygen atoms in total. The highest BCUT2D eigenvalue weighted by Crippen LogP contribution is 2.50. The van der Waals surface area contributed by atoms with Crippen molar-refractivity contribution in [2.75, 3.05) is 6.54 Å². The first-order chi connectivity index (χ1) is 10.3. The van der Waals surface area contributed by atoms with Crippen molar-refractivity contribution in [2.45, 2.75) is 38.1 Å². The fraction of sp³-hybridized carbons (Fsp3) is 0.533. The second kappa shape index (κ2) is 7.88. The number of nitrogens with one attached hydrogen (secondary N) is 1. The third kappa shape index (κ3) is 5.91. The van der Waals surface area contributed by atoms with Crippen LogP contribution in [-0.4, -0.2) is 24.9 Å². The maximum absolute atomic E-state index is 12.4. The lowest BCUT2D eigenvalue weighted by atomic mass is 10.1. The molecule has 0 heterocycles. The minimum absolute atomic E-state index is 0. The molecule has 0 saturated heterocycles. The van der Waals surface area contributed by atoms with Gasteiger partial charge >= 0.3 is 6.36 Å². The van der Waals surface area contributed by atoms with E-state index in [0.29, 0.717) is 24.9 Å². The van der Waals surface area contributed by atoms with Gasteiger partial charge in [-0.1, -0.05) is 18.2 Å². The van der Waals surface area contributed by atoms with Crippen LogP contribution in [0.3, 0.4) is 0 Å². The highest BCUT2D eigenvalue weighted by Gasteiger charge is 2.46. The SMILES string of the molecule is CC(N)CCNC(=O)C1CC1c1ccccc1OC(F)(F)F.Cl. The molecule has 23 heavy (non-hydrogen) atoms. The van der Waals surface area contributed by atoms with Crippen LogP contribution >= 0.6 is 12.4 Å². The quantitative estimate of drug-likeness (QED) is 0.827. The average molecular weight is 353 g/mol. The second-order valence-corrected chi connectivity index (χ2v) is 5.59. The Morgan fingerprint density at radius 1 is 1.43 bits per heavy atom. The van der Waals surface area contributed by atoms with Crippen LogP contribution < -0.4 is 15.8 Å². The van der Waals surface area contributed by atoms with Gasteiger partial charge in [0.2, 0.25) is 5.91 Å². The number of rotatable bonds is 6. The minimum Gasteiger partial charge on any atom is -0.405 e. The van der Waals surface area contributed by atoms with Crippen LogP contribution in [0.5, 0.6) is 5.75 Å². The molecule has 1 saturated carbocycles. The first-order valence-corrected chi connectivity index (χ1v) is 7.16. The number of benzene rings is 1. The number of carbonyl (C=O) groups is 1. The summed E-state index contributed by atoms with van der Waals surface area (Å²) in [6.07, 6.45) is -3.54. The Balaban J connectivity index is 0.00000264. The molecule has 8 heteroatoms. The number of hydrogen-bond acceptors (Lipinski definition) is 3. The van der Waals surface area contributed by atoms with Gasteiger partial charge in [0.05, 0.1) is 0 Å². The van der Waals surface area contributed by atoms with E-state index in [9.17, 15) is 18.0 Å². The van der Waals surface area contributed by atoms with E-state index in [-0.39, 0.29) is 41.9 Å². The molecule has 1 fully saturated rings. The third-order valence-corrected chi connectivity index (χ3v) is 3.57. The first kappa shape index (κ1) is 19.6. The van der Waals surface area contributed by atoms with Gasteiger partial charge in [-0.3, -0.25) is 4.79 Å². The number of ether oxygens (including phenoxy) is 1. The molecule has 3 atom stereocenters. The number of carbonyl (C=O) groups excluding carboxylic acids is 1. The Hall–Kier alpha value is -1.47. The standard InChI is InChI=1S/C15H19F3N2O2.ClH/c1-9(19)6-7-20-14(21)12-8-11(12)10-4-2-3-5-13(10)22-15(16,17)18;/h2-5,9,11-12H,6-8,19H2,1H3,(H,20,21);1H. The maximum Gasteiger partial charge on any atom is 0.573 e. The van der Waals surface area contributed by atoms with E-state index in [1.54, 1.807) is 12.1 Å². The molecule has 0 aliphatic heterocycles. The fourth-order valence-corrected chi connectivity index (χ4v) is 2.39. The summed E-state index contributed by atoms with van der Waals surface area (Å²) < 4.78 is 41.2. The zero-order chi connectivity index (χ0) is 16.3. The predicted molar refractivity (Wildman–Crippen MR) is 82.5 cm³/mol. The second-order valence-electron chi connectivity index (χ2n) is 5.59. The molecule has 3 unspecified atom stereocenters. The Labute approximate surface area is 139 Å². The Morgan fingerprint density at radius 2 is 2.09 bits per heavy atom. The monoisotopic (exact) mass is 352 g/mol. The maximum atomic E-state index is 12.4. The van der Waals surface area contributed by atoms with Gasteiger partial charge in [-0.2, -0.15) is 0 Å². The fourth-order valence-electron chi connectivity index (χ4n) is 2.39. The van der Waals surface area contributed by atoms with Gasteiger partial charge in [0, 0.05) is 18.5 Å². The van der Waals surface area contributed by atoms with Crippen molar-refractivity contribution in [2.24, 2.45) is 11.7 Å². The summed E-state index contributed by atoms with van der Waals surface area (Å²) >= 11 is 0. The number of nitrogens with two attached hydrogens (primary N) is 1. The highest BCUT2D eigenvalue weighted by atomic mass is 35.5. The van der Waals surface area contributed by atoms with Gasteiger partial charge in [0.25, 0.3) is 0 Å². The van der Waals surface area contributed by atoms with E-state index in [0.717, 1.165) is 0 Å².